The van der Waals surface area contributed by atoms with Crippen LogP contribution in [0.2, 0.25) is 0 Å². The second-order valence-electron chi connectivity index (χ2n) is 7.26. The van der Waals surface area contributed by atoms with Crippen LogP contribution in [0.25, 0.3) is 11.3 Å². The first-order valence-electron chi connectivity index (χ1n) is 8.59. The highest BCUT2D eigenvalue weighted by Gasteiger charge is 2.27. The van der Waals surface area contributed by atoms with Crippen LogP contribution in [0.15, 0.2) is 36.7 Å². The van der Waals surface area contributed by atoms with Crippen LogP contribution in [0.3, 0.4) is 0 Å². The van der Waals surface area contributed by atoms with Gasteiger partial charge in [-0.2, -0.15) is 18.6 Å². The molecule has 11 heteroatoms. The lowest BCUT2D eigenvalue weighted by Crippen LogP contribution is -2.18. The number of aromatic nitrogens is 3. The molecule has 0 fully saturated rings. The molecular formula is C18H21F2N5O4. The van der Waals surface area contributed by atoms with Crippen LogP contribution >= 0.6 is 0 Å². The number of carbonyl (C=O) groups excluding carboxylic acids is 1. The fraction of sp³-hybridized carbons (Fsp3) is 0.389. The van der Waals surface area contributed by atoms with Gasteiger partial charge in [-0.15, -0.1) is 0 Å². The van der Waals surface area contributed by atoms with Gasteiger partial charge in [0.25, 0.3) is 0 Å². The van der Waals surface area contributed by atoms with Crippen molar-refractivity contribution in [2.24, 2.45) is 11.1 Å². The molecule has 2 rings (SSSR count). The SMILES string of the molecule is CC(C)(C)C=CC[C@H](OC(N)=O)c1cc(-c2c([N+](=O)[O-])cnn2C(F)F)ccn1. The molecular weight excluding hydrogens is 388 g/mol. The number of carbonyl (C=O) groups is 1. The molecule has 0 aromatic carbocycles. The van der Waals surface area contributed by atoms with E-state index in [4.69, 9.17) is 10.5 Å². The number of alkyl halides is 2. The second kappa shape index (κ2) is 8.76. The number of pyridine rings is 1. The Bertz CT molecular complexity index is 921. The van der Waals surface area contributed by atoms with Gasteiger partial charge in [0.1, 0.15) is 12.3 Å². The number of hydrogen-bond donors (Lipinski definition) is 1. The van der Waals surface area contributed by atoms with Crippen molar-refractivity contribution in [3.8, 4) is 11.3 Å². The van der Waals surface area contributed by atoms with Gasteiger partial charge in [0.05, 0.1) is 10.6 Å². The van der Waals surface area contributed by atoms with Gasteiger partial charge in [-0.05, 0) is 17.5 Å². The van der Waals surface area contributed by atoms with Gasteiger partial charge in [-0.1, -0.05) is 32.9 Å². The van der Waals surface area contributed by atoms with Crippen molar-refractivity contribution in [2.45, 2.75) is 39.8 Å². The molecule has 2 aromatic rings. The minimum absolute atomic E-state index is 0.0809. The number of primary amides is 1. The topological polar surface area (TPSA) is 126 Å². The van der Waals surface area contributed by atoms with Crippen LogP contribution in [0, 0.1) is 15.5 Å². The van der Waals surface area contributed by atoms with Crippen LogP contribution in [0.4, 0.5) is 19.3 Å². The maximum absolute atomic E-state index is 13.3. The van der Waals surface area contributed by atoms with Crippen LogP contribution in [-0.2, 0) is 4.74 Å². The monoisotopic (exact) mass is 409 g/mol. The summed E-state index contributed by atoms with van der Waals surface area (Å²) in [6, 6.07) is 2.67. The quantitative estimate of drug-likeness (QED) is 0.411. The third-order valence-electron chi connectivity index (χ3n) is 3.77. The number of nitro groups is 1. The molecule has 0 aliphatic rings. The molecule has 1 amide bonds. The molecule has 0 aliphatic carbocycles. The number of allylic oxidation sites excluding steroid dienone is 1. The Hall–Kier alpha value is -3.37. The lowest BCUT2D eigenvalue weighted by molar-refractivity contribution is -0.384. The van der Waals surface area contributed by atoms with Gasteiger partial charge in [-0.3, -0.25) is 15.1 Å². The Balaban J connectivity index is 2.48. The van der Waals surface area contributed by atoms with E-state index in [0.717, 1.165) is 6.20 Å². The summed E-state index contributed by atoms with van der Waals surface area (Å²) in [5.74, 6) is 0. The molecule has 0 saturated carbocycles. The van der Waals surface area contributed by atoms with E-state index in [2.05, 4.69) is 10.1 Å². The van der Waals surface area contributed by atoms with E-state index in [9.17, 15) is 23.7 Å². The minimum Gasteiger partial charge on any atom is -0.440 e. The van der Waals surface area contributed by atoms with Gasteiger partial charge in [0.15, 0.2) is 5.69 Å². The predicted molar refractivity (Wildman–Crippen MR) is 100.0 cm³/mol. The molecule has 0 unspecified atom stereocenters. The average Bonchev–Trinajstić information content (AvgIpc) is 3.05. The molecule has 0 radical (unpaired) electrons. The third kappa shape index (κ3) is 5.80. The van der Waals surface area contributed by atoms with Crippen LogP contribution < -0.4 is 5.73 Å². The normalized spacial score (nSPS) is 13.0. The Morgan fingerprint density at radius 1 is 1.45 bits per heavy atom. The Labute approximate surface area is 165 Å². The van der Waals surface area contributed by atoms with Crippen molar-refractivity contribution in [3.63, 3.8) is 0 Å². The highest BCUT2D eigenvalue weighted by atomic mass is 19.3. The molecule has 9 nitrogen and oxygen atoms in total. The van der Waals surface area contributed by atoms with E-state index in [1.807, 2.05) is 26.8 Å². The summed E-state index contributed by atoms with van der Waals surface area (Å²) >= 11 is 0. The summed E-state index contributed by atoms with van der Waals surface area (Å²) < 4.78 is 31.9. The standard InChI is InChI=1S/C18H21F2N5O4/c1-18(2,3)7-4-5-14(29-17(21)26)12-9-11(6-8-22-12)15-13(25(27)28)10-23-24(15)16(19)20/h4,6-10,14,16H,5H2,1-3H3,(H2,21,26)/t14-/m0/s1. The molecule has 1 atom stereocenters. The van der Waals surface area contributed by atoms with Crippen molar-refractivity contribution < 1.29 is 23.2 Å². The molecule has 2 aromatic heterocycles. The molecule has 2 N–H and O–H groups in total. The van der Waals surface area contributed by atoms with Crippen molar-refractivity contribution in [1.82, 2.24) is 14.8 Å². The highest BCUT2D eigenvalue weighted by molar-refractivity contribution is 5.70. The molecule has 0 saturated heterocycles. The number of nitrogens with zero attached hydrogens (tertiary/aromatic N) is 4. The summed E-state index contributed by atoms with van der Waals surface area (Å²) in [6.07, 6.45) is 4.03. The molecule has 0 bridgehead atoms. The first-order chi connectivity index (χ1) is 13.5. The Morgan fingerprint density at radius 2 is 2.14 bits per heavy atom. The van der Waals surface area contributed by atoms with Crippen LogP contribution in [0.5, 0.6) is 0 Å². The van der Waals surface area contributed by atoms with E-state index in [1.165, 1.54) is 18.3 Å². The van der Waals surface area contributed by atoms with E-state index in [-0.39, 0.29) is 33.5 Å². The zero-order valence-corrected chi connectivity index (χ0v) is 16.1. The van der Waals surface area contributed by atoms with Crippen molar-refractivity contribution in [3.05, 3.63) is 52.5 Å². The summed E-state index contributed by atoms with van der Waals surface area (Å²) in [4.78, 5) is 25.8. The number of halogens is 2. The fourth-order valence-corrected chi connectivity index (χ4v) is 2.60. The Kier molecular flexibility index (Phi) is 6.62. The zero-order chi connectivity index (χ0) is 21.8. The predicted octanol–water partition coefficient (Wildman–Crippen LogP) is 4.38. The van der Waals surface area contributed by atoms with Gasteiger partial charge in [0.2, 0.25) is 0 Å². The van der Waals surface area contributed by atoms with Gasteiger partial charge < -0.3 is 10.5 Å². The molecule has 0 spiro atoms. The lowest BCUT2D eigenvalue weighted by atomic mass is 9.95. The number of rotatable bonds is 7. The maximum atomic E-state index is 13.3. The lowest BCUT2D eigenvalue weighted by Gasteiger charge is -2.17. The van der Waals surface area contributed by atoms with Crippen molar-refractivity contribution >= 4 is 11.8 Å². The van der Waals surface area contributed by atoms with Gasteiger partial charge in [-0.25, -0.2) is 4.79 Å². The number of amides is 1. The van der Waals surface area contributed by atoms with Crippen LogP contribution in [-0.4, -0.2) is 25.8 Å². The van der Waals surface area contributed by atoms with Crippen LogP contribution in [0.1, 0.15) is 45.5 Å². The second-order valence-corrected chi connectivity index (χ2v) is 7.26. The minimum atomic E-state index is -3.08. The third-order valence-corrected chi connectivity index (χ3v) is 3.77. The van der Waals surface area contributed by atoms with E-state index >= 15 is 0 Å². The first kappa shape index (κ1) is 21.9. The van der Waals surface area contributed by atoms with E-state index < -0.39 is 29.4 Å². The highest BCUT2D eigenvalue weighted by Crippen LogP contribution is 2.34. The molecule has 0 aliphatic heterocycles. The van der Waals surface area contributed by atoms with Gasteiger partial charge >= 0.3 is 18.3 Å². The number of nitrogens with two attached hydrogens (primary N) is 1. The van der Waals surface area contributed by atoms with E-state index in [0.29, 0.717) is 0 Å². The fourth-order valence-electron chi connectivity index (χ4n) is 2.60. The van der Waals surface area contributed by atoms with E-state index in [1.54, 1.807) is 6.08 Å². The molecule has 2 heterocycles. The summed E-state index contributed by atoms with van der Waals surface area (Å²) in [7, 11) is 0. The Morgan fingerprint density at radius 3 is 2.69 bits per heavy atom. The van der Waals surface area contributed by atoms with Crippen molar-refractivity contribution in [1.29, 1.82) is 0 Å². The summed E-state index contributed by atoms with van der Waals surface area (Å²) in [5, 5.41) is 14.6. The first-order valence-corrected chi connectivity index (χ1v) is 8.59. The molecule has 29 heavy (non-hydrogen) atoms. The van der Waals surface area contributed by atoms with Crippen molar-refractivity contribution in [2.75, 3.05) is 0 Å². The largest absolute Gasteiger partial charge is 0.440 e. The average molecular weight is 409 g/mol. The summed E-state index contributed by atoms with van der Waals surface area (Å²) in [5.41, 5.74) is 4.35. The smallest absolute Gasteiger partial charge is 0.405 e. The number of ether oxygens (including phenoxy) is 1. The van der Waals surface area contributed by atoms with Gasteiger partial charge in [0, 0.05) is 18.2 Å². The number of hydrogen-bond acceptors (Lipinski definition) is 6. The zero-order valence-electron chi connectivity index (χ0n) is 16.1. The summed E-state index contributed by atoms with van der Waals surface area (Å²) in [6.45, 7) is 2.87. The maximum Gasteiger partial charge on any atom is 0.405 e. The molecule has 156 valence electrons.